The van der Waals surface area contributed by atoms with Crippen molar-refractivity contribution in [2.45, 2.75) is 5.92 Å². The van der Waals surface area contributed by atoms with Crippen LogP contribution in [0.25, 0.3) is 15.5 Å². The number of nitrogens with zero attached hydrogens (tertiary/aromatic N) is 4. The van der Waals surface area contributed by atoms with Gasteiger partial charge in [-0.15, -0.1) is 10.2 Å². The second kappa shape index (κ2) is 6.78. The third-order valence-corrected chi connectivity index (χ3v) is 5.51. The van der Waals surface area contributed by atoms with Crippen molar-refractivity contribution in [1.82, 2.24) is 19.8 Å². The summed E-state index contributed by atoms with van der Waals surface area (Å²) >= 11 is 1.56. The van der Waals surface area contributed by atoms with Gasteiger partial charge in [-0.05, 0) is 11.1 Å². The van der Waals surface area contributed by atoms with Gasteiger partial charge in [0.15, 0.2) is 5.82 Å². The zero-order chi connectivity index (χ0) is 18.1. The van der Waals surface area contributed by atoms with E-state index >= 15 is 0 Å². The Labute approximate surface area is 160 Å². The van der Waals surface area contributed by atoms with Gasteiger partial charge in [0.2, 0.25) is 4.96 Å². The molecular weight excluding hydrogens is 352 g/mol. The van der Waals surface area contributed by atoms with Gasteiger partial charge in [-0.1, -0.05) is 102 Å². The summed E-state index contributed by atoms with van der Waals surface area (Å²) in [4.78, 5) is 0.806. The predicted molar refractivity (Wildman–Crippen MR) is 108 cm³/mol. The van der Waals surface area contributed by atoms with Gasteiger partial charge in [-0.25, -0.2) is 0 Å². The van der Waals surface area contributed by atoms with Crippen LogP contribution in [0.15, 0.2) is 91.0 Å². The van der Waals surface area contributed by atoms with Crippen LogP contribution in [-0.2, 0) is 0 Å². The van der Waals surface area contributed by atoms with Gasteiger partial charge in [0.05, 0.1) is 5.92 Å². The van der Waals surface area contributed by atoms with Gasteiger partial charge in [0.1, 0.15) is 5.01 Å². The van der Waals surface area contributed by atoms with E-state index in [-0.39, 0.29) is 5.92 Å². The molecule has 5 rings (SSSR count). The van der Waals surface area contributed by atoms with Crippen molar-refractivity contribution in [1.29, 1.82) is 0 Å². The Balaban J connectivity index is 1.68. The molecule has 3 aromatic carbocycles. The maximum absolute atomic E-state index is 4.83. The first-order chi connectivity index (χ1) is 13.4. The molecule has 27 heavy (non-hydrogen) atoms. The van der Waals surface area contributed by atoms with E-state index in [1.54, 1.807) is 11.3 Å². The molecular formula is C22H16N4S. The lowest BCUT2D eigenvalue weighted by molar-refractivity contribution is 0.786. The second-order valence-electron chi connectivity index (χ2n) is 6.28. The summed E-state index contributed by atoms with van der Waals surface area (Å²) < 4.78 is 1.89. The van der Waals surface area contributed by atoms with Gasteiger partial charge >= 0.3 is 0 Å². The van der Waals surface area contributed by atoms with Crippen LogP contribution in [0.3, 0.4) is 0 Å². The third-order valence-electron chi connectivity index (χ3n) is 4.56. The van der Waals surface area contributed by atoms with E-state index in [0.717, 1.165) is 21.4 Å². The van der Waals surface area contributed by atoms with E-state index in [1.165, 1.54) is 11.1 Å². The van der Waals surface area contributed by atoms with Crippen molar-refractivity contribution in [3.8, 4) is 10.6 Å². The topological polar surface area (TPSA) is 43.1 Å². The van der Waals surface area contributed by atoms with Crippen molar-refractivity contribution in [2.75, 3.05) is 0 Å². The average molecular weight is 368 g/mol. The smallest absolute Gasteiger partial charge is 0.186 e. The van der Waals surface area contributed by atoms with Crippen LogP contribution in [0.1, 0.15) is 22.9 Å². The molecule has 0 radical (unpaired) electrons. The van der Waals surface area contributed by atoms with Crippen molar-refractivity contribution in [2.24, 2.45) is 0 Å². The fourth-order valence-electron chi connectivity index (χ4n) is 3.29. The van der Waals surface area contributed by atoms with Crippen LogP contribution in [0, 0.1) is 0 Å². The summed E-state index contributed by atoms with van der Waals surface area (Å²) in [6, 6.07) is 31.0. The number of fused-ring (bicyclic) bond motifs is 1. The van der Waals surface area contributed by atoms with E-state index in [1.807, 2.05) is 34.8 Å². The molecule has 0 aliphatic rings. The molecule has 5 aromatic rings. The summed E-state index contributed by atoms with van der Waals surface area (Å²) in [5, 5.41) is 14.7. The SMILES string of the molecule is c1ccc(-c2nn3c(C(c4ccccc4)c4ccccc4)nnc3s2)cc1. The lowest BCUT2D eigenvalue weighted by Gasteiger charge is -2.15. The summed E-state index contributed by atoms with van der Waals surface area (Å²) in [6.07, 6.45) is 0. The Hall–Kier alpha value is -3.31. The Morgan fingerprint density at radius 1 is 0.667 bits per heavy atom. The van der Waals surface area contributed by atoms with Gasteiger partial charge < -0.3 is 0 Å². The molecule has 2 aromatic heterocycles. The number of hydrogen-bond acceptors (Lipinski definition) is 4. The summed E-state index contributed by atoms with van der Waals surface area (Å²) in [5.41, 5.74) is 3.44. The zero-order valence-electron chi connectivity index (χ0n) is 14.4. The molecule has 0 saturated heterocycles. The van der Waals surface area contributed by atoms with Gasteiger partial charge in [-0.3, -0.25) is 0 Å². The highest BCUT2D eigenvalue weighted by Gasteiger charge is 2.24. The fraction of sp³-hybridized carbons (Fsp3) is 0.0455. The molecule has 0 N–H and O–H groups in total. The minimum atomic E-state index is -0.0203. The van der Waals surface area contributed by atoms with Gasteiger partial charge in [-0.2, -0.15) is 9.61 Å². The lowest BCUT2D eigenvalue weighted by Crippen LogP contribution is -2.08. The normalized spacial score (nSPS) is 11.3. The summed E-state index contributed by atoms with van der Waals surface area (Å²) in [5.74, 6) is 0.814. The minimum absolute atomic E-state index is 0.0203. The molecule has 130 valence electrons. The highest BCUT2D eigenvalue weighted by atomic mass is 32.1. The zero-order valence-corrected chi connectivity index (χ0v) is 15.3. The number of benzene rings is 3. The Kier molecular flexibility index (Phi) is 3.99. The van der Waals surface area contributed by atoms with Crippen LogP contribution < -0.4 is 0 Å². The van der Waals surface area contributed by atoms with E-state index in [4.69, 9.17) is 5.10 Å². The maximum Gasteiger partial charge on any atom is 0.235 e. The molecule has 0 aliphatic heterocycles. The quantitative estimate of drug-likeness (QED) is 0.447. The van der Waals surface area contributed by atoms with Crippen molar-refractivity contribution >= 4 is 16.3 Å². The molecule has 0 spiro atoms. The van der Waals surface area contributed by atoms with Crippen molar-refractivity contribution in [3.63, 3.8) is 0 Å². The maximum atomic E-state index is 4.83. The van der Waals surface area contributed by atoms with Crippen LogP contribution in [0.2, 0.25) is 0 Å². The molecule has 0 bridgehead atoms. The molecule has 0 fully saturated rings. The first-order valence-electron chi connectivity index (χ1n) is 8.77. The Morgan fingerprint density at radius 3 is 1.81 bits per heavy atom. The Morgan fingerprint density at radius 2 is 1.22 bits per heavy atom. The molecule has 5 heteroatoms. The average Bonchev–Trinajstić information content (AvgIpc) is 3.33. The van der Waals surface area contributed by atoms with E-state index < -0.39 is 0 Å². The standard InChI is InChI=1S/C22H16N4S/c1-4-10-16(11-5-1)19(17-12-6-2-7-13-17)20-23-24-22-26(20)25-21(27-22)18-14-8-3-9-15-18/h1-15,19H. The molecule has 0 saturated carbocycles. The first kappa shape index (κ1) is 15.9. The molecule has 4 nitrogen and oxygen atoms in total. The first-order valence-corrected chi connectivity index (χ1v) is 9.59. The van der Waals surface area contributed by atoms with Crippen LogP contribution in [0.5, 0.6) is 0 Å². The monoisotopic (exact) mass is 368 g/mol. The van der Waals surface area contributed by atoms with Crippen LogP contribution in [0.4, 0.5) is 0 Å². The van der Waals surface area contributed by atoms with Crippen LogP contribution >= 0.6 is 11.3 Å². The van der Waals surface area contributed by atoms with E-state index in [9.17, 15) is 0 Å². The molecule has 0 unspecified atom stereocenters. The molecule has 0 aliphatic carbocycles. The van der Waals surface area contributed by atoms with Crippen LogP contribution in [-0.4, -0.2) is 19.8 Å². The minimum Gasteiger partial charge on any atom is -0.186 e. The Bertz CT molecular complexity index is 1120. The van der Waals surface area contributed by atoms with Gasteiger partial charge in [0, 0.05) is 5.56 Å². The number of hydrogen-bond donors (Lipinski definition) is 0. The molecule has 2 heterocycles. The van der Waals surface area contributed by atoms with Gasteiger partial charge in [0.25, 0.3) is 0 Å². The summed E-state index contributed by atoms with van der Waals surface area (Å²) in [7, 11) is 0. The number of rotatable bonds is 4. The lowest BCUT2D eigenvalue weighted by atomic mass is 9.91. The largest absolute Gasteiger partial charge is 0.235 e. The molecule has 0 atom stereocenters. The summed E-state index contributed by atoms with van der Waals surface area (Å²) in [6.45, 7) is 0. The fourth-order valence-corrected chi connectivity index (χ4v) is 4.14. The van der Waals surface area contributed by atoms with Crippen molar-refractivity contribution in [3.05, 3.63) is 108 Å². The third kappa shape index (κ3) is 2.92. The van der Waals surface area contributed by atoms with E-state index in [0.29, 0.717) is 0 Å². The highest BCUT2D eigenvalue weighted by Crippen LogP contribution is 2.33. The predicted octanol–water partition coefficient (Wildman–Crippen LogP) is 5.03. The van der Waals surface area contributed by atoms with Crippen molar-refractivity contribution < 1.29 is 0 Å². The highest BCUT2D eigenvalue weighted by molar-refractivity contribution is 7.19. The second-order valence-corrected chi connectivity index (χ2v) is 7.24. The van der Waals surface area contributed by atoms with E-state index in [2.05, 4.69) is 70.9 Å². The molecule has 0 amide bonds. The number of aromatic nitrogens is 4.